The second kappa shape index (κ2) is 20.2. The van der Waals surface area contributed by atoms with Crippen molar-refractivity contribution in [3.05, 3.63) is 0 Å². The Morgan fingerprint density at radius 3 is 0.846 bits per heavy atom. The van der Waals surface area contributed by atoms with Crippen molar-refractivity contribution in [1.82, 2.24) is 0 Å². The van der Waals surface area contributed by atoms with Crippen LogP contribution < -0.4 is 0 Å². The predicted octanol–water partition coefficient (Wildman–Crippen LogP) is 11.3. The van der Waals surface area contributed by atoms with Crippen LogP contribution in [0, 0.1) is 35.5 Å². The fraction of sp³-hybridized carbons (Fsp3) is 1.00. The van der Waals surface area contributed by atoms with Crippen LogP contribution in [0.3, 0.4) is 0 Å². The Morgan fingerprint density at radius 1 is 0.436 bits per heavy atom. The van der Waals surface area contributed by atoms with Crippen molar-refractivity contribution < 1.29 is 32.7 Å². The summed E-state index contributed by atoms with van der Waals surface area (Å²) in [5.74, 6) is 3.55. The van der Waals surface area contributed by atoms with Crippen LogP contribution in [0.4, 0.5) is 0 Å². The molecule has 39 heavy (non-hydrogen) atoms. The molecular formula is C32H72O4Si2Zr. The Hall–Kier alpha value is 1.16. The molecule has 7 heteroatoms. The van der Waals surface area contributed by atoms with E-state index in [0.29, 0.717) is 48.7 Å². The summed E-state index contributed by atoms with van der Waals surface area (Å²) >= 11 is -4.46. The first kappa shape index (κ1) is 40.2. The predicted molar refractivity (Wildman–Crippen MR) is 173 cm³/mol. The van der Waals surface area contributed by atoms with E-state index in [9.17, 15) is 0 Å². The zero-order valence-electron chi connectivity index (χ0n) is 29.1. The van der Waals surface area contributed by atoms with E-state index in [1.54, 1.807) is 0 Å². The fourth-order valence-corrected chi connectivity index (χ4v) is 34.8. The van der Waals surface area contributed by atoms with Crippen LogP contribution in [0.1, 0.15) is 123 Å². The SMILES string of the molecule is CCCC[O][Zr]([O]CCCC)([O][Si](CC(C)C)(CC(C)C)CC(C)C)[O][Si](CC(C)C)(CC(C)C)CC(C)C. The van der Waals surface area contributed by atoms with E-state index in [1.807, 2.05) is 0 Å². The van der Waals surface area contributed by atoms with Gasteiger partial charge < -0.3 is 0 Å². The van der Waals surface area contributed by atoms with E-state index in [4.69, 9.17) is 10.6 Å². The van der Waals surface area contributed by atoms with E-state index >= 15 is 0 Å². The van der Waals surface area contributed by atoms with Gasteiger partial charge in [0.05, 0.1) is 0 Å². The van der Waals surface area contributed by atoms with Crippen LogP contribution in [-0.2, 0) is 32.7 Å². The third-order valence-corrected chi connectivity index (χ3v) is 30.5. The first-order valence-electron chi connectivity index (χ1n) is 16.7. The molecule has 0 rings (SSSR count). The van der Waals surface area contributed by atoms with Crippen LogP contribution >= 0.6 is 0 Å². The molecule has 0 aliphatic rings. The average molecular weight is 668 g/mol. The van der Waals surface area contributed by atoms with Crippen LogP contribution in [0.2, 0.25) is 36.3 Å². The first-order chi connectivity index (χ1) is 18.0. The summed E-state index contributed by atoms with van der Waals surface area (Å²) in [6.07, 6.45) is 4.28. The molecule has 236 valence electrons. The van der Waals surface area contributed by atoms with E-state index in [2.05, 4.69) is 96.9 Å². The summed E-state index contributed by atoms with van der Waals surface area (Å²) < 4.78 is 29.6. The molecule has 0 unspecified atom stereocenters. The molecule has 0 heterocycles. The Labute approximate surface area is 255 Å². The summed E-state index contributed by atoms with van der Waals surface area (Å²) in [5, 5.41) is 0. The Morgan fingerprint density at radius 2 is 0.667 bits per heavy atom. The van der Waals surface area contributed by atoms with Gasteiger partial charge in [-0.2, -0.15) is 0 Å². The summed E-state index contributed by atoms with van der Waals surface area (Å²) in [4.78, 5) is 0. The van der Waals surface area contributed by atoms with Gasteiger partial charge in [0.1, 0.15) is 0 Å². The van der Waals surface area contributed by atoms with Crippen molar-refractivity contribution in [2.45, 2.75) is 159 Å². The molecule has 0 bridgehead atoms. The minimum absolute atomic E-state index is 0.591. The van der Waals surface area contributed by atoms with E-state index < -0.39 is 38.7 Å². The normalized spacial score (nSPS) is 13.8. The summed E-state index contributed by atoms with van der Waals surface area (Å²) in [6, 6.07) is 6.96. The molecule has 0 amide bonds. The summed E-state index contributed by atoms with van der Waals surface area (Å²) in [5.41, 5.74) is 0. The van der Waals surface area contributed by atoms with E-state index in [0.717, 1.165) is 61.9 Å². The zero-order valence-corrected chi connectivity index (χ0v) is 33.5. The topological polar surface area (TPSA) is 36.9 Å². The molecule has 0 aliphatic heterocycles. The molecule has 0 saturated carbocycles. The fourth-order valence-electron chi connectivity index (χ4n) is 6.61. The molecule has 0 N–H and O–H groups in total. The van der Waals surface area contributed by atoms with Gasteiger partial charge in [-0.15, -0.1) is 0 Å². The Balaban J connectivity index is 7.12. The molecule has 0 atom stereocenters. The quantitative estimate of drug-likeness (QED) is 0.0758. The van der Waals surface area contributed by atoms with Gasteiger partial charge in [-0.1, -0.05) is 0 Å². The van der Waals surface area contributed by atoms with Crippen molar-refractivity contribution in [3.8, 4) is 0 Å². The van der Waals surface area contributed by atoms with Gasteiger partial charge in [0.15, 0.2) is 0 Å². The van der Waals surface area contributed by atoms with Crippen molar-refractivity contribution in [1.29, 1.82) is 0 Å². The van der Waals surface area contributed by atoms with Crippen LogP contribution in [0.25, 0.3) is 0 Å². The van der Waals surface area contributed by atoms with Crippen molar-refractivity contribution >= 4 is 16.6 Å². The van der Waals surface area contributed by atoms with Gasteiger partial charge in [0.25, 0.3) is 0 Å². The van der Waals surface area contributed by atoms with Gasteiger partial charge in [0, 0.05) is 0 Å². The van der Waals surface area contributed by atoms with Gasteiger partial charge in [-0.25, -0.2) is 0 Å². The maximum atomic E-state index is 7.77. The number of rotatable bonds is 24. The molecule has 0 aromatic heterocycles. The zero-order chi connectivity index (χ0) is 30.3. The number of unbranched alkanes of at least 4 members (excludes halogenated alkanes) is 2. The molecule has 0 radical (unpaired) electrons. The van der Waals surface area contributed by atoms with E-state index in [-0.39, 0.29) is 0 Å². The number of hydrogen-bond acceptors (Lipinski definition) is 4. The van der Waals surface area contributed by atoms with Crippen LogP contribution in [-0.4, -0.2) is 29.8 Å². The Kier molecular flexibility index (Phi) is 20.8. The Bertz CT molecular complexity index is 506. The molecule has 0 saturated heterocycles. The van der Waals surface area contributed by atoms with Gasteiger partial charge in [0.2, 0.25) is 0 Å². The average Bonchev–Trinajstić information content (AvgIpc) is 2.70. The molecular weight excluding hydrogens is 596 g/mol. The van der Waals surface area contributed by atoms with Crippen molar-refractivity contribution in [2.75, 3.05) is 13.2 Å². The maximum absolute atomic E-state index is 7.77. The molecule has 0 spiro atoms. The standard InChI is InChI=1S/2C12H27OSi.2C4H9O.Zr/c2*1-10(2)7-14(13,8-11(3)4)9-12(5)6;2*1-2-3-4-5;/h2*10-12H,7-9H2,1-6H3;2*2-4H2,1H3;/q4*-1;+4. The third-order valence-electron chi connectivity index (χ3n) is 6.92. The second-order valence-corrected chi connectivity index (χ2v) is 29.5. The summed E-state index contributed by atoms with van der Waals surface area (Å²) in [6.45, 7) is 34.3. The van der Waals surface area contributed by atoms with Gasteiger partial charge in [-0.3, -0.25) is 0 Å². The molecule has 4 nitrogen and oxygen atoms in total. The van der Waals surface area contributed by atoms with E-state index in [1.165, 1.54) is 0 Å². The van der Waals surface area contributed by atoms with Crippen molar-refractivity contribution in [3.63, 3.8) is 0 Å². The minimum atomic E-state index is -4.46. The first-order valence-corrected chi connectivity index (χ1v) is 25.8. The molecule has 0 aromatic carbocycles. The molecule has 0 aromatic rings. The third kappa shape index (κ3) is 17.8. The number of hydrogen-bond donors (Lipinski definition) is 0. The second-order valence-electron chi connectivity index (χ2n) is 15.1. The summed E-state index contributed by atoms with van der Waals surface area (Å²) in [7, 11) is -4.44. The molecule has 0 aliphatic carbocycles. The van der Waals surface area contributed by atoms with Gasteiger partial charge in [-0.05, 0) is 0 Å². The van der Waals surface area contributed by atoms with Crippen LogP contribution in [0.5, 0.6) is 0 Å². The van der Waals surface area contributed by atoms with Crippen LogP contribution in [0.15, 0.2) is 0 Å². The van der Waals surface area contributed by atoms with Crippen molar-refractivity contribution in [2.24, 2.45) is 35.5 Å². The monoisotopic (exact) mass is 666 g/mol. The molecule has 0 fully saturated rings. The van der Waals surface area contributed by atoms with Gasteiger partial charge >= 0.3 is 257 Å².